The molecule has 0 radical (unpaired) electrons. The summed E-state index contributed by atoms with van der Waals surface area (Å²) in [6.45, 7) is 0.944. The van der Waals surface area contributed by atoms with Crippen molar-refractivity contribution in [2.75, 3.05) is 6.54 Å². The summed E-state index contributed by atoms with van der Waals surface area (Å²) in [5.41, 5.74) is 0. The van der Waals surface area contributed by atoms with Crippen molar-refractivity contribution in [1.82, 2.24) is 4.90 Å². The Kier molecular flexibility index (Phi) is 3.66. The van der Waals surface area contributed by atoms with Gasteiger partial charge in [0, 0.05) is 22.9 Å². The highest BCUT2D eigenvalue weighted by Gasteiger charge is 2.36. The molecule has 2 nitrogen and oxygen atoms in total. The highest BCUT2D eigenvalue weighted by atomic mass is 32.1. The molecule has 3 rings (SSSR count). The first-order valence-electron chi connectivity index (χ1n) is 6.84. The molecule has 1 aliphatic heterocycles. The topological polar surface area (TPSA) is 20.3 Å². The van der Waals surface area contributed by atoms with Crippen molar-refractivity contribution < 1.29 is 4.79 Å². The van der Waals surface area contributed by atoms with Gasteiger partial charge in [0.15, 0.2) is 0 Å². The van der Waals surface area contributed by atoms with Crippen molar-refractivity contribution in [3.8, 4) is 0 Å². The summed E-state index contributed by atoms with van der Waals surface area (Å²) in [6, 6.07) is 2.41. The number of nitrogens with zero attached hydrogens (tertiary/aromatic N) is 1. The number of hydrogen-bond donors (Lipinski definition) is 1. The molecule has 0 bridgehead atoms. The van der Waals surface area contributed by atoms with E-state index in [0.717, 1.165) is 22.2 Å². The van der Waals surface area contributed by atoms with Gasteiger partial charge in [0.1, 0.15) is 0 Å². The van der Waals surface area contributed by atoms with Crippen molar-refractivity contribution in [3.05, 3.63) is 16.3 Å². The predicted octanol–water partition coefficient (Wildman–Crippen LogP) is 3.83. The lowest BCUT2D eigenvalue weighted by Crippen LogP contribution is -2.49. The van der Waals surface area contributed by atoms with Gasteiger partial charge in [-0.15, -0.1) is 24.0 Å². The number of amides is 1. The third kappa shape index (κ3) is 2.32. The average molecular weight is 281 g/mol. The Hall–Kier alpha value is -0.480. The van der Waals surface area contributed by atoms with Crippen LogP contribution >= 0.6 is 24.0 Å². The van der Waals surface area contributed by atoms with E-state index in [1.54, 1.807) is 0 Å². The first-order valence-corrected chi connectivity index (χ1v) is 8.17. The minimum Gasteiger partial charge on any atom is -0.335 e. The summed E-state index contributed by atoms with van der Waals surface area (Å²) in [4.78, 5) is 16.5. The summed E-state index contributed by atoms with van der Waals surface area (Å²) < 4.78 is 0. The van der Waals surface area contributed by atoms with Crippen molar-refractivity contribution in [3.63, 3.8) is 0 Å². The zero-order valence-corrected chi connectivity index (χ0v) is 12.2. The Morgan fingerprint density at radius 3 is 2.83 bits per heavy atom. The van der Waals surface area contributed by atoms with Crippen molar-refractivity contribution in [2.24, 2.45) is 5.92 Å². The van der Waals surface area contributed by atoms with Gasteiger partial charge in [0.25, 0.3) is 5.91 Å². The average Bonchev–Trinajstić information content (AvgIpc) is 2.84. The number of thiol groups is 1. The maximum absolute atomic E-state index is 12.6. The Morgan fingerprint density at radius 1 is 1.28 bits per heavy atom. The summed E-state index contributed by atoms with van der Waals surface area (Å²) in [7, 11) is 0. The molecule has 1 saturated carbocycles. The molecule has 0 N–H and O–H groups in total. The first kappa shape index (κ1) is 12.5. The molecule has 2 aliphatic rings. The molecule has 1 amide bonds. The molecule has 4 heteroatoms. The van der Waals surface area contributed by atoms with Crippen molar-refractivity contribution in [1.29, 1.82) is 0 Å². The second-order valence-electron chi connectivity index (χ2n) is 5.42. The van der Waals surface area contributed by atoms with E-state index in [1.807, 2.05) is 11.4 Å². The van der Waals surface area contributed by atoms with Gasteiger partial charge in [-0.05, 0) is 37.7 Å². The number of piperidine rings is 1. The number of likely N-dealkylation sites (tertiary alicyclic amines) is 1. The Morgan fingerprint density at radius 2 is 2.06 bits per heavy atom. The number of thiophene rings is 1. The van der Waals surface area contributed by atoms with Gasteiger partial charge in [-0.3, -0.25) is 4.79 Å². The van der Waals surface area contributed by atoms with E-state index in [1.165, 1.54) is 49.9 Å². The quantitative estimate of drug-likeness (QED) is 0.776. The summed E-state index contributed by atoms with van der Waals surface area (Å²) in [5.74, 6) is 0.990. The standard InChI is InChI=1S/C14H19NOS2/c16-14(13-8-11(17)9-18-13)15-7-3-5-10-4-1-2-6-12(10)15/h8-10,12,17H,1-7H2. The van der Waals surface area contributed by atoms with Crippen LogP contribution in [0.4, 0.5) is 0 Å². The number of hydrogen-bond acceptors (Lipinski definition) is 3. The second kappa shape index (κ2) is 5.25. The van der Waals surface area contributed by atoms with Crippen LogP contribution in [0.2, 0.25) is 0 Å². The summed E-state index contributed by atoms with van der Waals surface area (Å²) >= 11 is 5.82. The van der Waals surface area contributed by atoms with Gasteiger partial charge in [0.05, 0.1) is 4.88 Å². The summed E-state index contributed by atoms with van der Waals surface area (Å²) in [5, 5.41) is 1.94. The van der Waals surface area contributed by atoms with E-state index in [9.17, 15) is 4.79 Å². The minimum absolute atomic E-state index is 0.233. The Bertz CT molecular complexity index is 441. The largest absolute Gasteiger partial charge is 0.335 e. The SMILES string of the molecule is O=C(c1cc(S)cs1)N1CCCC2CCCCC21. The summed E-state index contributed by atoms with van der Waals surface area (Å²) in [6.07, 6.45) is 7.64. The number of carbonyl (C=O) groups excluding carboxylic acids is 1. The van der Waals surface area contributed by atoms with Gasteiger partial charge in [-0.25, -0.2) is 0 Å². The molecule has 1 aromatic heterocycles. The smallest absolute Gasteiger partial charge is 0.264 e. The van der Waals surface area contributed by atoms with Crippen molar-refractivity contribution in [2.45, 2.75) is 49.5 Å². The van der Waals surface area contributed by atoms with E-state index in [2.05, 4.69) is 17.5 Å². The fourth-order valence-corrected chi connectivity index (χ4v) is 4.56. The highest BCUT2D eigenvalue weighted by Crippen LogP contribution is 2.36. The molecule has 18 heavy (non-hydrogen) atoms. The molecule has 2 fully saturated rings. The van der Waals surface area contributed by atoms with Crippen molar-refractivity contribution >= 4 is 29.9 Å². The van der Waals surface area contributed by atoms with Crippen LogP contribution in [0.25, 0.3) is 0 Å². The van der Waals surface area contributed by atoms with Crippen LogP contribution in [0.15, 0.2) is 16.3 Å². The molecule has 2 unspecified atom stereocenters. The lowest BCUT2D eigenvalue weighted by atomic mass is 9.78. The second-order valence-corrected chi connectivity index (χ2v) is 6.85. The molecule has 2 atom stereocenters. The fraction of sp³-hybridized carbons (Fsp3) is 0.643. The molecular formula is C14H19NOS2. The first-order chi connectivity index (χ1) is 8.75. The fourth-order valence-electron chi connectivity index (χ4n) is 3.46. The van der Waals surface area contributed by atoms with Crippen LogP contribution < -0.4 is 0 Å². The third-order valence-electron chi connectivity index (χ3n) is 4.30. The normalized spacial score (nSPS) is 27.9. The molecule has 0 aromatic carbocycles. The molecule has 1 saturated heterocycles. The minimum atomic E-state index is 0.233. The zero-order valence-electron chi connectivity index (χ0n) is 10.5. The van der Waals surface area contributed by atoms with Crippen LogP contribution in [-0.4, -0.2) is 23.4 Å². The van der Waals surface area contributed by atoms with E-state index >= 15 is 0 Å². The molecule has 1 aromatic rings. The molecule has 1 aliphatic carbocycles. The van der Waals surface area contributed by atoms with Gasteiger partial charge in [-0.1, -0.05) is 12.8 Å². The molecule has 2 heterocycles. The maximum atomic E-state index is 12.6. The van der Waals surface area contributed by atoms with Gasteiger partial charge in [0.2, 0.25) is 0 Å². The maximum Gasteiger partial charge on any atom is 0.264 e. The highest BCUT2D eigenvalue weighted by molar-refractivity contribution is 7.80. The van der Waals surface area contributed by atoms with Crippen LogP contribution in [0, 0.1) is 5.92 Å². The van der Waals surface area contributed by atoms with E-state index in [-0.39, 0.29) is 5.91 Å². The van der Waals surface area contributed by atoms with E-state index < -0.39 is 0 Å². The Labute approximate surface area is 118 Å². The van der Waals surface area contributed by atoms with Crippen LogP contribution in [0.1, 0.15) is 48.2 Å². The van der Waals surface area contributed by atoms with Crippen LogP contribution in [0.3, 0.4) is 0 Å². The molecule has 98 valence electrons. The van der Waals surface area contributed by atoms with E-state index in [4.69, 9.17) is 0 Å². The van der Waals surface area contributed by atoms with Gasteiger partial charge < -0.3 is 4.90 Å². The number of carbonyl (C=O) groups is 1. The van der Waals surface area contributed by atoms with Crippen LogP contribution in [0.5, 0.6) is 0 Å². The molecular weight excluding hydrogens is 262 g/mol. The lowest BCUT2D eigenvalue weighted by Gasteiger charge is -2.44. The molecule has 0 spiro atoms. The van der Waals surface area contributed by atoms with Crippen LogP contribution in [-0.2, 0) is 0 Å². The lowest BCUT2D eigenvalue weighted by molar-refractivity contribution is 0.0395. The zero-order chi connectivity index (χ0) is 12.5. The third-order valence-corrected chi connectivity index (χ3v) is 5.65. The van der Waals surface area contributed by atoms with Gasteiger partial charge in [-0.2, -0.15) is 0 Å². The number of fused-ring (bicyclic) bond motifs is 1. The predicted molar refractivity (Wildman–Crippen MR) is 77.6 cm³/mol. The van der Waals surface area contributed by atoms with E-state index in [0.29, 0.717) is 6.04 Å². The Balaban J connectivity index is 1.79. The van der Waals surface area contributed by atoms with Gasteiger partial charge >= 0.3 is 0 Å². The monoisotopic (exact) mass is 281 g/mol. The number of rotatable bonds is 1.